The van der Waals surface area contributed by atoms with Gasteiger partial charge in [0.05, 0.1) is 25.7 Å². The average Bonchev–Trinajstić information content (AvgIpc) is 2.91. The molecule has 0 spiro atoms. The molecule has 5 nitrogen and oxygen atoms in total. The summed E-state index contributed by atoms with van der Waals surface area (Å²) in [6.07, 6.45) is -0.232. The van der Waals surface area contributed by atoms with E-state index in [1.165, 1.54) is 10.4 Å². The van der Waals surface area contributed by atoms with E-state index in [9.17, 15) is 4.79 Å². The van der Waals surface area contributed by atoms with Crippen LogP contribution >= 0.6 is 0 Å². The number of esters is 1. The van der Waals surface area contributed by atoms with Crippen molar-refractivity contribution < 1.29 is 23.4 Å². The summed E-state index contributed by atoms with van der Waals surface area (Å²) in [6, 6.07) is 31.0. The first-order chi connectivity index (χ1) is 17.8. The monoisotopic (exact) mass is 520 g/mol. The zero-order chi connectivity index (χ0) is 26.7. The molecule has 0 aliphatic carbocycles. The average molecular weight is 521 g/mol. The van der Waals surface area contributed by atoms with Crippen LogP contribution in [-0.4, -0.2) is 47.5 Å². The van der Waals surface area contributed by atoms with E-state index < -0.39 is 14.4 Å². The van der Waals surface area contributed by atoms with Crippen LogP contribution in [0.3, 0.4) is 0 Å². The summed E-state index contributed by atoms with van der Waals surface area (Å²) in [7, 11) is -1.19. The maximum Gasteiger partial charge on any atom is 0.306 e. The van der Waals surface area contributed by atoms with Gasteiger partial charge in [0.2, 0.25) is 0 Å². The number of ether oxygens (including phenoxy) is 3. The number of methoxy groups -OCH3 is 1. The summed E-state index contributed by atoms with van der Waals surface area (Å²) in [5, 5.41) is 2.21. The molecule has 198 valence electrons. The van der Waals surface area contributed by atoms with Gasteiger partial charge in [0.15, 0.2) is 0 Å². The van der Waals surface area contributed by atoms with Crippen LogP contribution in [0.15, 0.2) is 91.0 Å². The summed E-state index contributed by atoms with van der Waals surface area (Å²) in [5.74, 6) is -0.513. The smallest absolute Gasteiger partial charge is 0.306 e. The van der Waals surface area contributed by atoms with E-state index in [2.05, 4.69) is 69.3 Å². The summed E-state index contributed by atoms with van der Waals surface area (Å²) in [6.45, 7) is 9.30. The molecule has 0 bridgehead atoms. The number of rotatable bonds is 13. The fourth-order valence-electron chi connectivity index (χ4n) is 4.97. The van der Waals surface area contributed by atoms with Crippen LogP contribution in [0.5, 0.6) is 0 Å². The minimum Gasteiger partial charge on any atom is -0.466 e. The first-order valence-corrected chi connectivity index (χ1v) is 14.8. The SMILES string of the molecule is CCOC(=O)C[C@H](c1ccccc1)[C@@H](CO[Si](c1ccccc1)(c1ccccc1)C(C)(C)C)OCOC. The Bertz CT molecular complexity index is 1030. The van der Waals surface area contributed by atoms with Crippen LogP contribution in [0.1, 0.15) is 45.6 Å². The molecule has 0 fully saturated rings. The van der Waals surface area contributed by atoms with Crippen LogP contribution in [0.4, 0.5) is 0 Å². The molecule has 3 rings (SSSR count). The minimum atomic E-state index is -2.79. The van der Waals surface area contributed by atoms with Crippen molar-refractivity contribution in [3.63, 3.8) is 0 Å². The molecule has 3 aromatic rings. The molecule has 0 radical (unpaired) electrons. The lowest BCUT2D eigenvalue weighted by molar-refractivity contribution is -0.146. The van der Waals surface area contributed by atoms with Crippen LogP contribution in [0, 0.1) is 0 Å². The number of hydrogen-bond acceptors (Lipinski definition) is 5. The van der Waals surface area contributed by atoms with Crippen molar-refractivity contribution >= 4 is 24.7 Å². The summed E-state index contributed by atoms with van der Waals surface area (Å²) < 4.78 is 24.0. The molecule has 2 atom stereocenters. The molecule has 0 saturated heterocycles. The van der Waals surface area contributed by atoms with E-state index >= 15 is 0 Å². The molecule has 0 saturated carbocycles. The summed E-state index contributed by atoms with van der Waals surface area (Å²) in [4.78, 5) is 12.7. The van der Waals surface area contributed by atoms with Crippen molar-refractivity contribution in [2.75, 3.05) is 27.1 Å². The zero-order valence-electron chi connectivity index (χ0n) is 22.7. The van der Waals surface area contributed by atoms with Gasteiger partial charge in [-0.2, -0.15) is 0 Å². The highest BCUT2D eigenvalue weighted by molar-refractivity contribution is 6.99. The second-order valence-corrected chi connectivity index (χ2v) is 14.4. The molecule has 3 aromatic carbocycles. The minimum absolute atomic E-state index is 0.0981. The van der Waals surface area contributed by atoms with Crippen LogP contribution in [0.25, 0.3) is 0 Å². The Balaban J connectivity index is 2.06. The van der Waals surface area contributed by atoms with Gasteiger partial charge in [0, 0.05) is 13.0 Å². The number of carbonyl (C=O) groups excluding carboxylic acids is 1. The predicted molar refractivity (Wildman–Crippen MR) is 151 cm³/mol. The Morgan fingerprint density at radius 1 is 0.838 bits per heavy atom. The Hall–Kier alpha value is -2.77. The Labute approximate surface area is 222 Å². The maximum absolute atomic E-state index is 12.7. The first-order valence-electron chi connectivity index (χ1n) is 12.9. The van der Waals surface area contributed by atoms with Crippen LogP contribution < -0.4 is 10.4 Å². The molecular weight excluding hydrogens is 480 g/mol. The third-order valence-electron chi connectivity index (χ3n) is 6.65. The van der Waals surface area contributed by atoms with Crippen LogP contribution in [-0.2, 0) is 23.4 Å². The normalized spacial score (nSPS) is 13.6. The third-order valence-corrected chi connectivity index (χ3v) is 11.7. The molecule has 0 heterocycles. The molecule has 0 aliphatic heterocycles. The number of carbonyl (C=O) groups is 1. The van der Waals surface area contributed by atoms with Crippen LogP contribution in [0.2, 0.25) is 5.04 Å². The second kappa shape index (κ2) is 13.7. The topological polar surface area (TPSA) is 54.0 Å². The lowest BCUT2D eigenvalue weighted by Crippen LogP contribution is -2.67. The first kappa shape index (κ1) is 28.8. The molecule has 37 heavy (non-hydrogen) atoms. The fraction of sp³-hybridized carbons (Fsp3) is 0.387. The standard InChI is InChI=1S/C31H40O5Si/c1-6-34-30(32)22-28(25-16-10-7-11-17-25)29(35-24-33-5)23-36-37(31(2,3)4,26-18-12-8-13-19-26)27-20-14-9-15-21-27/h7-21,28-29H,6,22-24H2,1-5H3/t28-,29-/m1/s1. The molecular formula is C31H40O5Si. The molecule has 6 heteroatoms. The Morgan fingerprint density at radius 3 is 1.81 bits per heavy atom. The van der Waals surface area contributed by atoms with Crippen molar-refractivity contribution in [1.82, 2.24) is 0 Å². The van der Waals surface area contributed by atoms with Gasteiger partial charge >= 0.3 is 5.97 Å². The van der Waals surface area contributed by atoms with Crippen molar-refractivity contribution in [1.29, 1.82) is 0 Å². The van der Waals surface area contributed by atoms with Crippen molar-refractivity contribution in [3.8, 4) is 0 Å². The zero-order valence-corrected chi connectivity index (χ0v) is 23.7. The van der Waals surface area contributed by atoms with Gasteiger partial charge in [-0.25, -0.2) is 0 Å². The van der Waals surface area contributed by atoms with Crippen molar-refractivity contribution in [2.24, 2.45) is 0 Å². The lowest BCUT2D eigenvalue weighted by Gasteiger charge is -2.44. The summed E-state index contributed by atoms with van der Waals surface area (Å²) >= 11 is 0. The molecule has 0 aromatic heterocycles. The second-order valence-electron chi connectivity index (χ2n) is 10.1. The van der Waals surface area contributed by atoms with E-state index in [4.69, 9.17) is 18.6 Å². The third kappa shape index (κ3) is 7.17. The quantitative estimate of drug-likeness (QED) is 0.174. The van der Waals surface area contributed by atoms with Crippen molar-refractivity contribution in [3.05, 3.63) is 96.6 Å². The largest absolute Gasteiger partial charge is 0.466 e. The van der Waals surface area contributed by atoms with Gasteiger partial charge < -0.3 is 18.6 Å². The molecule has 0 unspecified atom stereocenters. The fourth-order valence-corrected chi connectivity index (χ4v) is 9.54. The number of hydrogen-bond donors (Lipinski definition) is 0. The number of benzene rings is 3. The van der Waals surface area contributed by atoms with Gasteiger partial charge in [-0.15, -0.1) is 0 Å². The van der Waals surface area contributed by atoms with Gasteiger partial charge in [-0.1, -0.05) is 112 Å². The van der Waals surface area contributed by atoms with E-state index in [0.29, 0.717) is 13.2 Å². The molecule has 0 aliphatic rings. The van der Waals surface area contributed by atoms with Gasteiger partial charge in [-0.05, 0) is 27.9 Å². The Morgan fingerprint density at radius 2 is 1.35 bits per heavy atom. The van der Waals surface area contributed by atoms with E-state index in [0.717, 1.165) is 5.56 Å². The van der Waals surface area contributed by atoms with E-state index in [-0.39, 0.29) is 30.1 Å². The maximum atomic E-state index is 12.7. The predicted octanol–water partition coefficient (Wildman–Crippen LogP) is 5.29. The highest BCUT2D eigenvalue weighted by Gasteiger charge is 2.50. The van der Waals surface area contributed by atoms with Gasteiger partial charge in [0.25, 0.3) is 8.32 Å². The highest BCUT2D eigenvalue weighted by atomic mass is 28.4. The Kier molecular flexibility index (Phi) is 10.6. The highest BCUT2D eigenvalue weighted by Crippen LogP contribution is 2.38. The van der Waals surface area contributed by atoms with Gasteiger partial charge in [0.1, 0.15) is 6.79 Å². The van der Waals surface area contributed by atoms with Gasteiger partial charge in [-0.3, -0.25) is 4.79 Å². The van der Waals surface area contributed by atoms with E-state index in [1.54, 1.807) is 7.11 Å². The van der Waals surface area contributed by atoms with E-state index in [1.807, 2.05) is 49.4 Å². The lowest BCUT2D eigenvalue weighted by atomic mass is 9.90. The molecule has 0 N–H and O–H groups in total. The van der Waals surface area contributed by atoms with Crippen molar-refractivity contribution in [2.45, 2.75) is 51.2 Å². The molecule has 0 amide bonds. The summed E-state index contributed by atoms with van der Waals surface area (Å²) in [5.41, 5.74) is 1.00.